The second-order valence-corrected chi connectivity index (χ2v) is 8.05. The molecule has 138 valence electrons. The van der Waals surface area contributed by atoms with Gasteiger partial charge in [-0.3, -0.25) is 9.89 Å². The Morgan fingerprint density at radius 3 is 2.59 bits per heavy atom. The van der Waals surface area contributed by atoms with E-state index in [1.807, 2.05) is 56.3 Å². The number of anilines is 1. The van der Waals surface area contributed by atoms with Crippen molar-refractivity contribution >= 4 is 23.5 Å². The van der Waals surface area contributed by atoms with Crippen LogP contribution in [0.1, 0.15) is 34.6 Å². The van der Waals surface area contributed by atoms with Crippen molar-refractivity contribution in [2.45, 2.75) is 31.0 Å². The summed E-state index contributed by atoms with van der Waals surface area (Å²) in [7, 11) is 0. The zero-order valence-electron chi connectivity index (χ0n) is 15.2. The molecule has 2 atom stereocenters. The van der Waals surface area contributed by atoms with Crippen molar-refractivity contribution in [2.75, 3.05) is 5.32 Å². The summed E-state index contributed by atoms with van der Waals surface area (Å²) in [5, 5.41) is 10.1. The molecule has 4 rings (SSSR count). The van der Waals surface area contributed by atoms with Gasteiger partial charge in [0.05, 0.1) is 10.5 Å². The number of thioether (sulfide) groups is 1. The van der Waals surface area contributed by atoms with Crippen molar-refractivity contribution in [3.63, 3.8) is 0 Å². The smallest absolute Gasteiger partial charge is 0.238 e. The molecule has 1 aliphatic rings. The van der Waals surface area contributed by atoms with Crippen molar-refractivity contribution in [2.24, 2.45) is 0 Å². The molecular formula is C21H21N3O2S. The molecule has 2 N–H and O–H groups in total. The molecule has 0 saturated carbocycles. The number of carbonyl (C=O) groups excluding carboxylic acids is 1. The molecule has 0 bridgehead atoms. The Morgan fingerprint density at radius 1 is 1.11 bits per heavy atom. The number of aromatic amines is 1. The first-order chi connectivity index (χ1) is 13.1. The molecule has 1 aliphatic heterocycles. The van der Waals surface area contributed by atoms with Gasteiger partial charge in [0, 0.05) is 11.3 Å². The Balaban J connectivity index is 1.56. The number of ether oxygens (including phenoxy) is 1. The summed E-state index contributed by atoms with van der Waals surface area (Å²) < 4.78 is 5.88. The first-order valence-electron chi connectivity index (χ1n) is 8.89. The average Bonchev–Trinajstić information content (AvgIpc) is 2.99. The average molecular weight is 379 g/mol. The molecule has 0 radical (unpaired) electrons. The Labute approximate surface area is 162 Å². The lowest BCUT2D eigenvalue weighted by atomic mass is 10.0. The van der Waals surface area contributed by atoms with E-state index in [4.69, 9.17) is 4.74 Å². The molecule has 1 aromatic heterocycles. The van der Waals surface area contributed by atoms with Gasteiger partial charge >= 0.3 is 0 Å². The van der Waals surface area contributed by atoms with Gasteiger partial charge in [-0.15, -0.1) is 11.8 Å². The van der Waals surface area contributed by atoms with E-state index in [-0.39, 0.29) is 16.4 Å². The van der Waals surface area contributed by atoms with Gasteiger partial charge in [0.15, 0.2) is 5.82 Å². The van der Waals surface area contributed by atoms with E-state index in [2.05, 4.69) is 27.6 Å². The zero-order valence-corrected chi connectivity index (χ0v) is 16.0. The Hall–Kier alpha value is -2.73. The number of rotatable bonds is 4. The van der Waals surface area contributed by atoms with Crippen LogP contribution in [-0.2, 0) is 11.4 Å². The molecule has 1 amide bonds. The number of aromatic nitrogens is 2. The molecular weight excluding hydrogens is 358 g/mol. The molecule has 0 spiro atoms. The van der Waals surface area contributed by atoms with Crippen LogP contribution in [0.4, 0.5) is 5.82 Å². The summed E-state index contributed by atoms with van der Waals surface area (Å²) in [6, 6.07) is 18.2. The maximum Gasteiger partial charge on any atom is 0.238 e. The highest BCUT2D eigenvalue weighted by Gasteiger charge is 2.32. The van der Waals surface area contributed by atoms with Crippen LogP contribution >= 0.6 is 11.8 Å². The zero-order chi connectivity index (χ0) is 18.8. The minimum absolute atomic E-state index is 0.0157. The summed E-state index contributed by atoms with van der Waals surface area (Å²) in [5.74, 6) is 1.44. The Bertz CT molecular complexity index is 938. The fraction of sp³-hybridized carbons (Fsp3) is 0.238. The molecule has 0 unspecified atom stereocenters. The number of amides is 1. The van der Waals surface area contributed by atoms with Crippen LogP contribution in [0.15, 0.2) is 54.6 Å². The van der Waals surface area contributed by atoms with Crippen LogP contribution in [0.3, 0.4) is 0 Å². The van der Waals surface area contributed by atoms with Gasteiger partial charge < -0.3 is 10.1 Å². The summed E-state index contributed by atoms with van der Waals surface area (Å²) in [6.45, 7) is 4.45. The second kappa shape index (κ2) is 7.48. The largest absolute Gasteiger partial charge is 0.489 e. The number of nitrogens with zero attached hydrogens (tertiary/aromatic N) is 1. The van der Waals surface area contributed by atoms with Gasteiger partial charge in [-0.05, 0) is 37.1 Å². The predicted octanol–water partition coefficient (Wildman–Crippen LogP) is 4.46. The number of hydrogen-bond acceptors (Lipinski definition) is 4. The molecule has 27 heavy (non-hydrogen) atoms. The van der Waals surface area contributed by atoms with E-state index >= 15 is 0 Å². The molecule has 0 saturated heterocycles. The number of H-pyrrole nitrogens is 1. The van der Waals surface area contributed by atoms with Gasteiger partial charge in [0.1, 0.15) is 12.4 Å². The summed E-state index contributed by atoms with van der Waals surface area (Å²) in [6.07, 6.45) is 0. The van der Waals surface area contributed by atoms with Gasteiger partial charge in [0.25, 0.3) is 0 Å². The monoisotopic (exact) mass is 379 g/mol. The van der Waals surface area contributed by atoms with E-state index in [1.165, 1.54) is 0 Å². The third-order valence-electron chi connectivity index (χ3n) is 4.64. The second-order valence-electron chi connectivity index (χ2n) is 6.60. The summed E-state index contributed by atoms with van der Waals surface area (Å²) >= 11 is 1.63. The first-order valence-corrected chi connectivity index (χ1v) is 9.84. The predicted molar refractivity (Wildman–Crippen MR) is 108 cm³/mol. The lowest BCUT2D eigenvalue weighted by Crippen LogP contribution is -2.21. The first kappa shape index (κ1) is 17.7. The van der Waals surface area contributed by atoms with Crippen LogP contribution < -0.4 is 10.1 Å². The third-order valence-corrected chi connectivity index (χ3v) is 6.04. The topological polar surface area (TPSA) is 67.0 Å². The molecule has 2 heterocycles. The van der Waals surface area contributed by atoms with E-state index in [1.54, 1.807) is 11.8 Å². The summed E-state index contributed by atoms with van der Waals surface area (Å²) in [5.41, 5.74) is 4.27. The van der Waals surface area contributed by atoms with Crippen molar-refractivity contribution in [3.8, 4) is 5.75 Å². The van der Waals surface area contributed by atoms with Crippen LogP contribution in [0, 0.1) is 6.92 Å². The Morgan fingerprint density at radius 2 is 1.85 bits per heavy atom. The van der Waals surface area contributed by atoms with E-state index in [9.17, 15) is 4.79 Å². The van der Waals surface area contributed by atoms with E-state index in [0.717, 1.165) is 28.1 Å². The highest BCUT2D eigenvalue weighted by Crippen LogP contribution is 2.44. The number of benzene rings is 2. The molecule has 6 heteroatoms. The van der Waals surface area contributed by atoms with Crippen molar-refractivity contribution in [3.05, 3.63) is 77.0 Å². The minimum Gasteiger partial charge on any atom is -0.489 e. The fourth-order valence-corrected chi connectivity index (χ4v) is 4.46. The number of fused-ring (bicyclic) bond motifs is 1. The van der Waals surface area contributed by atoms with Crippen molar-refractivity contribution in [1.82, 2.24) is 10.2 Å². The van der Waals surface area contributed by atoms with Crippen LogP contribution in [-0.4, -0.2) is 21.4 Å². The van der Waals surface area contributed by atoms with Gasteiger partial charge in [-0.2, -0.15) is 5.10 Å². The van der Waals surface area contributed by atoms with Gasteiger partial charge in [0.2, 0.25) is 5.91 Å². The molecule has 3 aromatic rings. The number of nitrogens with one attached hydrogen (secondary N) is 2. The normalized spacial score (nSPS) is 19.1. The summed E-state index contributed by atoms with van der Waals surface area (Å²) in [4.78, 5) is 12.2. The van der Waals surface area contributed by atoms with Crippen LogP contribution in [0.2, 0.25) is 0 Å². The molecule has 0 aliphatic carbocycles. The lowest BCUT2D eigenvalue weighted by molar-refractivity contribution is -0.115. The van der Waals surface area contributed by atoms with Gasteiger partial charge in [-0.1, -0.05) is 42.5 Å². The lowest BCUT2D eigenvalue weighted by Gasteiger charge is -2.18. The number of hydrogen-bond donors (Lipinski definition) is 2. The SMILES string of the molecule is Cc1[nH]nc2c1[C@H](c1ccc(OCc3ccccc3)cc1)S[C@@H](C)C(=O)N2. The molecule has 2 aromatic carbocycles. The maximum absolute atomic E-state index is 12.2. The maximum atomic E-state index is 12.2. The highest BCUT2D eigenvalue weighted by molar-refractivity contribution is 8.01. The molecule has 0 fully saturated rings. The van der Waals surface area contributed by atoms with E-state index < -0.39 is 0 Å². The Kier molecular flexibility index (Phi) is 4.90. The van der Waals surface area contributed by atoms with Gasteiger partial charge in [-0.25, -0.2) is 0 Å². The standard InChI is InChI=1S/C21H21N3O2S/c1-13-18-19(27-14(2)21(25)22-20(18)24-23-13)16-8-10-17(11-9-16)26-12-15-6-4-3-5-7-15/h3-11,14,19H,12H2,1-2H3,(H2,22,23,24,25)/t14-,19-/m0/s1. The number of aryl methyl sites for hydroxylation is 1. The third kappa shape index (κ3) is 3.71. The quantitative estimate of drug-likeness (QED) is 0.702. The minimum atomic E-state index is -0.155. The van der Waals surface area contributed by atoms with Crippen molar-refractivity contribution < 1.29 is 9.53 Å². The highest BCUT2D eigenvalue weighted by atomic mass is 32.2. The van der Waals surface area contributed by atoms with Crippen LogP contribution in [0.5, 0.6) is 5.75 Å². The van der Waals surface area contributed by atoms with E-state index in [0.29, 0.717) is 12.4 Å². The number of carbonyl (C=O) groups is 1. The molecule has 5 nitrogen and oxygen atoms in total. The fourth-order valence-electron chi connectivity index (χ4n) is 3.13. The van der Waals surface area contributed by atoms with Crippen LogP contribution in [0.25, 0.3) is 0 Å². The van der Waals surface area contributed by atoms with Crippen molar-refractivity contribution in [1.29, 1.82) is 0 Å².